The molecule has 4 nitrogen and oxygen atoms in total. The smallest absolute Gasteiger partial charge is 0.336 e. The average Bonchev–Trinajstić information content (AvgIpc) is 2.57. The lowest BCUT2D eigenvalue weighted by Crippen LogP contribution is -2.02. The van der Waals surface area contributed by atoms with Crippen LogP contribution in [0.5, 0.6) is 11.5 Å². The highest BCUT2D eigenvalue weighted by atomic mass is 16.5. The van der Waals surface area contributed by atoms with E-state index in [0.29, 0.717) is 24.7 Å². The second kappa shape index (κ2) is 8.38. The number of hydrogen-bond donors (Lipinski definition) is 1. The third kappa shape index (κ3) is 4.63. The molecule has 0 aliphatic carbocycles. The van der Waals surface area contributed by atoms with Crippen LogP contribution >= 0.6 is 0 Å². The predicted octanol–water partition coefficient (Wildman–Crippen LogP) is 4.73. The van der Waals surface area contributed by atoms with Crippen LogP contribution in [0.25, 0.3) is 11.6 Å². The summed E-state index contributed by atoms with van der Waals surface area (Å²) >= 11 is 0. The molecule has 0 radical (unpaired) electrons. The maximum absolute atomic E-state index is 11.8. The van der Waals surface area contributed by atoms with Crippen molar-refractivity contribution >= 4 is 17.6 Å². The molecule has 1 N–H and O–H groups in total. The summed E-state index contributed by atoms with van der Waals surface area (Å²) in [6.07, 6.45) is 1.67. The van der Waals surface area contributed by atoms with Gasteiger partial charge in [-0.3, -0.25) is 0 Å². The summed E-state index contributed by atoms with van der Waals surface area (Å²) in [7, 11) is 0. The van der Waals surface area contributed by atoms with Crippen LogP contribution in [0.1, 0.15) is 36.1 Å². The van der Waals surface area contributed by atoms with E-state index in [0.717, 1.165) is 22.3 Å². The number of aliphatic carboxylic acids is 1. The number of carboxylic acids is 1. The average molecular weight is 340 g/mol. The number of aryl methyl sites for hydroxylation is 2. The Morgan fingerprint density at radius 3 is 2.32 bits per heavy atom. The van der Waals surface area contributed by atoms with E-state index in [2.05, 4.69) is 0 Å². The fourth-order valence-electron chi connectivity index (χ4n) is 2.60. The van der Waals surface area contributed by atoms with Crippen molar-refractivity contribution in [1.82, 2.24) is 0 Å². The molecule has 0 bridgehead atoms. The highest BCUT2D eigenvalue weighted by Gasteiger charge is 2.14. The summed E-state index contributed by atoms with van der Waals surface area (Å²) in [5, 5.41) is 9.69. The Bertz CT molecular complexity index is 790. The summed E-state index contributed by atoms with van der Waals surface area (Å²) in [6, 6.07) is 11.3. The van der Waals surface area contributed by atoms with Crippen LogP contribution in [-0.2, 0) is 4.79 Å². The van der Waals surface area contributed by atoms with Crippen LogP contribution in [0.3, 0.4) is 0 Å². The van der Waals surface area contributed by atoms with Crippen molar-refractivity contribution < 1.29 is 19.4 Å². The summed E-state index contributed by atoms with van der Waals surface area (Å²) in [5.74, 6) is 0.314. The van der Waals surface area contributed by atoms with E-state index in [1.165, 1.54) is 0 Å². The van der Waals surface area contributed by atoms with Gasteiger partial charge in [0.2, 0.25) is 0 Å². The first kappa shape index (κ1) is 18.6. The zero-order chi connectivity index (χ0) is 18.4. The first-order valence-corrected chi connectivity index (χ1v) is 8.38. The topological polar surface area (TPSA) is 55.8 Å². The molecule has 0 fully saturated rings. The SMILES string of the molecule is CCOc1ccc(/C=C(\C(=O)O)c2cc(C)ccc2C)cc1OCC. The van der Waals surface area contributed by atoms with Gasteiger partial charge < -0.3 is 14.6 Å². The molecule has 0 aliphatic rings. The molecule has 0 saturated carbocycles. The number of rotatable bonds is 7. The van der Waals surface area contributed by atoms with E-state index < -0.39 is 5.97 Å². The van der Waals surface area contributed by atoms with Crippen molar-refractivity contribution in [2.75, 3.05) is 13.2 Å². The quantitative estimate of drug-likeness (QED) is 0.585. The first-order valence-electron chi connectivity index (χ1n) is 8.38. The van der Waals surface area contributed by atoms with Crippen LogP contribution in [-0.4, -0.2) is 24.3 Å². The lowest BCUT2D eigenvalue weighted by atomic mass is 9.96. The van der Waals surface area contributed by atoms with Gasteiger partial charge in [0.1, 0.15) is 0 Å². The molecule has 2 aromatic rings. The Balaban J connectivity index is 2.52. The maximum atomic E-state index is 11.8. The molecular weight excluding hydrogens is 316 g/mol. The van der Waals surface area contributed by atoms with Crippen LogP contribution in [0.15, 0.2) is 36.4 Å². The van der Waals surface area contributed by atoms with Crippen LogP contribution in [0, 0.1) is 13.8 Å². The number of hydrogen-bond acceptors (Lipinski definition) is 3. The molecule has 0 aliphatic heterocycles. The van der Waals surface area contributed by atoms with Gasteiger partial charge in [-0.15, -0.1) is 0 Å². The monoisotopic (exact) mass is 340 g/mol. The molecule has 0 aromatic heterocycles. The van der Waals surface area contributed by atoms with E-state index in [-0.39, 0.29) is 5.57 Å². The van der Waals surface area contributed by atoms with Crippen molar-refractivity contribution in [3.63, 3.8) is 0 Å². The lowest BCUT2D eigenvalue weighted by Gasteiger charge is -2.12. The van der Waals surface area contributed by atoms with Crippen LogP contribution in [0.4, 0.5) is 0 Å². The summed E-state index contributed by atoms with van der Waals surface area (Å²) in [5.41, 5.74) is 3.68. The van der Waals surface area contributed by atoms with Crippen molar-refractivity contribution in [2.45, 2.75) is 27.7 Å². The van der Waals surface area contributed by atoms with Gasteiger partial charge in [-0.05, 0) is 62.6 Å². The Morgan fingerprint density at radius 1 is 1.00 bits per heavy atom. The van der Waals surface area contributed by atoms with E-state index >= 15 is 0 Å². The van der Waals surface area contributed by atoms with E-state index in [1.54, 1.807) is 6.08 Å². The summed E-state index contributed by atoms with van der Waals surface area (Å²) < 4.78 is 11.2. The molecule has 0 saturated heterocycles. The predicted molar refractivity (Wildman–Crippen MR) is 100 cm³/mol. The molecule has 2 aromatic carbocycles. The summed E-state index contributed by atoms with van der Waals surface area (Å²) in [4.78, 5) is 11.8. The van der Waals surface area contributed by atoms with Crippen molar-refractivity contribution in [2.24, 2.45) is 0 Å². The molecule has 25 heavy (non-hydrogen) atoms. The third-order valence-electron chi connectivity index (χ3n) is 3.79. The van der Waals surface area contributed by atoms with Gasteiger partial charge in [0.05, 0.1) is 18.8 Å². The molecule has 132 valence electrons. The fraction of sp³-hybridized carbons (Fsp3) is 0.286. The third-order valence-corrected chi connectivity index (χ3v) is 3.79. The minimum absolute atomic E-state index is 0.257. The Kier molecular flexibility index (Phi) is 6.23. The lowest BCUT2D eigenvalue weighted by molar-refractivity contribution is -0.130. The van der Waals surface area contributed by atoms with Gasteiger partial charge in [-0.25, -0.2) is 4.79 Å². The molecule has 2 rings (SSSR count). The van der Waals surface area contributed by atoms with Gasteiger partial charge in [0.15, 0.2) is 11.5 Å². The minimum atomic E-state index is -0.958. The molecule has 0 unspecified atom stereocenters. The second-order valence-electron chi connectivity index (χ2n) is 5.75. The molecule has 0 amide bonds. The zero-order valence-electron chi connectivity index (χ0n) is 15.1. The van der Waals surface area contributed by atoms with E-state index in [4.69, 9.17) is 9.47 Å². The molecule has 0 atom stereocenters. The number of carboxylic acid groups (broad SMARTS) is 1. The van der Waals surface area contributed by atoms with Gasteiger partial charge in [-0.1, -0.05) is 29.8 Å². The van der Waals surface area contributed by atoms with Crippen molar-refractivity contribution in [3.05, 3.63) is 58.7 Å². The van der Waals surface area contributed by atoms with E-state index in [1.807, 2.05) is 64.1 Å². The van der Waals surface area contributed by atoms with Crippen LogP contribution in [0.2, 0.25) is 0 Å². The Morgan fingerprint density at radius 2 is 1.68 bits per heavy atom. The Labute approximate surface area is 148 Å². The van der Waals surface area contributed by atoms with Gasteiger partial charge >= 0.3 is 5.97 Å². The van der Waals surface area contributed by atoms with Crippen molar-refractivity contribution in [3.8, 4) is 11.5 Å². The highest BCUT2D eigenvalue weighted by molar-refractivity contribution is 6.21. The fourth-order valence-corrected chi connectivity index (χ4v) is 2.60. The van der Waals surface area contributed by atoms with Crippen LogP contribution < -0.4 is 9.47 Å². The second-order valence-corrected chi connectivity index (χ2v) is 5.75. The van der Waals surface area contributed by atoms with Gasteiger partial charge in [0.25, 0.3) is 0 Å². The largest absolute Gasteiger partial charge is 0.490 e. The Hall–Kier alpha value is -2.75. The standard InChI is InChI=1S/C21H24O4/c1-5-24-19-10-9-16(13-20(19)25-6-2)12-18(21(22)23)17-11-14(3)7-8-15(17)4/h7-13H,5-6H2,1-4H3,(H,22,23)/b18-12-. The van der Waals surface area contributed by atoms with E-state index in [9.17, 15) is 9.90 Å². The molecular formula is C21H24O4. The number of ether oxygens (including phenoxy) is 2. The van der Waals surface area contributed by atoms with Crippen molar-refractivity contribution in [1.29, 1.82) is 0 Å². The normalized spacial score (nSPS) is 11.3. The van der Waals surface area contributed by atoms with Gasteiger partial charge in [-0.2, -0.15) is 0 Å². The number of carbonyl (C=O) groups is 1. The first-order chi connectivity index (χ1) is 12.0. The molecule has 0 spiro atoms. The van der Waals surface area contributed by atoms with Gasteiger partial charge in [0, 0.05) is 0 Å². The maximum Gasteiger partial charge on any atom is 0.336 e. The minimum Gasteiger partial charge on any atom is -0.490 e. The molecule has 4 heteroatoms. The zero-order valence-corrected chi connectivity index (χ0v) is 15.1. The summed E-state index contributed by atoms with van der Waals surface area (Å²) in [6.45, 7) is 8.72. The molecule has 0 heterocycles. The number of benzene rings is 2. The highest BCUT2D eigenvalue weighted by Crippen LogP contribution is 2.31.